The maximum Gasteiger partial charge on any atom is 0.270 e. The van der Waals surface area contributed by atoms with E-state index in [1.807, 2.05) is 0 Å². The molecule has 3 aromatic rings. The number of hydrogen-bond donors (Lipinski definition) is 0. The predicted molar refractivity (Wildman–Crippen MR) is 114 cm³/mol. The first-order chi connectivity index (χ1) is 14.5. The number of non-ortho nitro benzene ring substituents is 1. The SMILES string of the molecule is COc1ccc(C(=O)N2CCN(c3nc4ccc([N+](=O)[O-])cc4s3)CC2)cc1OC. The van der Waals surface area contributed by atoms with Gasteiger partial charge in [0.1, 0.15) is 0 Å². The second kappa shape index (κ2) is 8.15. The Hall–Kier alpha value is -3.40. The number of ether oxygens (including phenoxy) is 2. The van der Waals surface area contributed by atoms with Gasteiger partial charge in [-0.3, -0.25) is 14.9 Å². The van der Waals surface area contributed by atoms with Crippen molar-refractivity contribution in [3.05, 3.63) is 52.1 Å². The molecule has 0 radical (unpaired) electrons. The molecular weight excluding hydrogens is 408 g/mol. The predicted octanol–water partition coefficient (Wildman–Crippen LogP) is 3.18. The average Bonchev–Trinajstić information content (AvgIpc) is 3.21. The lowest BCUT2D eigenvalue weighted by Gasteiger charge is -2.34. The monoisotopic (exact) mass is 428 g/mol. The van der Waals surface area contributed by atoms with Gasteiger partial charge in [0.2, 0.25) is 0 Å². The molecule has 0 aliphatic carbocycles. The van der Waals surface area contributed by atoms with Crippen LogP contribution in [0.4, 0.5) is 10.8 Å². The number of thiazole rings is 1. The van der Waals surface area contributed by atoms with E-state index < -0.39 is 4.92 Å². The number of benzene rings is 2. The van der Waals surface area contributed by atoms with Gasteiger partial charge in [-0.1, -0.05) is 11.3 Å². The summed E-state index contributed by atoms with van der Waals surface area (Å²) >= 11 is 1.43. The minimum absolute atomic E-state index is 0.0584. The van der Waals surface area contributed by atoms with Gasteiger partial charge in [0, 0.05) is 43.9 Å². The molecule has 1 aromatic heterocycles. The molecule has 10 heteroatoms. The lowest BCUT2D eigenvalue weighted by Crippen LogP contribution is -2.48. The Kier molecular flexibility index (Phi) is 5.40. The van der Waals surface area contributed by atoms with Crippen molar-refractivity contribution in [3.8, 4) is 11.5 Å². The van der Waals surface area contributed by atoms with Gasteiger partial charge in [-0.15, -0.1) is 0 Å². The van der Waals surface area contributed by atoms with Crippen LogP contribution in [0.25, 0.3) is 10.2 Å². The lowest BCUT2D eigenvalue weighted by atomic mass is 10.1. The Labute approximate surface area is 176 Å². The number of piperazine rings is 1. The van der Waals surface area contributed by atoms with Crippen LogP contribution in [0.2, 0.25) is 0 Å². The van der Waals surface area contributed by atoms with Gasteiger partial charge in [-0.05, 0) is 24.3 Å². The van der Waals surface area contributed by atoms with Gasteiger partial charge in [0.25, 0.3) is 11.6 Å². The number of nitro benzene ring substituents is 1. The van der Waals surface area contributed by atoms with Crippen molar-refractivity contribution in [3.63, 3.8) is 0 Å². The number of aromatic nitrogens is 1. The molecule has 0 bridgehead atoms. The Morgan fingerprint density at radius 1 is 1.07 bits per heavy atom. The zero-order chi connectivity index (χ0) is 21.3. The third-order valence-corrected chi connectivity index (χ3v) is 6.12. The van der Waals surface area contributed by atoms with Crippen LogP contribution in [0.5, 0.6) is 11.5 Å². The summed E-state index contributed by atoms with van der Waals surface area (Å²) in [5, 5.41) is 11.8. The molecule has 2 aromatic carbocycles. The molecule has 0 spiro atoms. The first kappa shape index (κ1) is 19.9. The molecule has 1 aliphatic heterocycles. The van der Waals surface area contributed by atoms with E-state index in [0.717, 1.165) is 15.3 Å². The van der Waals surface area contributed by atoms with Crippen molar-refractivity contribution in [1.29, 1.82) is 0 Å². The summed E-state index contributed by atoms with van der Waals surface area (Å²) in [5.41, 5.74) is 1.35. The van der Waals surface area contributed by atoms with Gasteiger partial charge in [0.15, 0.2) is 16.6 Å². The minimum atomic E-state index is -0.405. The molecule has 1 aliphatic rings. The number of rotatable bonds is 5. The number of methoxy groups -OCH3 is 2. The van der Waals surface area contributed by atoms with Crippen LogP contribution < -0.4 is 14.4 Å². The molecule has 0 N–H and O–H groups in total. The number of amides is 1. The van der Waals surface area contributed by atoms with E-state index in [1.165, 1.54) is 24.5 Å². The van der Waals surface area contributed by atoms with Crippen molar-refractivity contribution in [2.75, 3.05) is 45.3 Å². The van der Waals surface area contributed by atoms with Crippen molar-refractivity contribution in [2.24, 2.45) is 0 Å². The molecule has 4 rings (SSSR count). The number of nitro groups is 1. The van der Waals surface area contributed by atoms with E-state index >= 15 is 0 Å². The highest BCUT2D eigenvalue weighted by Gasteiger charge is 2.25. The summed E-state index contributed by atoms with van der Waals surface area (Å²) in [6.07, 6.45) is 0. The van der Waals surface area contributed by atoms with Crippen LogP contribution in [-0.2, 0) is 0 Å². The maximum absolute atomic E-state index is 12.9. The first-order valence-corrected chi connectivity index (χ1v) is 10.1. The number of fused-ring (bicyclic) bond motifs is 1. The fraction of sp³-hybridized carbons (Fsp3) is 0.300. The number of anilines is 1. The third kappa shape index (κ3) is 3.73. The number of carbonyl (C=O) groups excluding carboxylic acids is 1. The highest BCUT2D eigenvalue weighted by atomic mass is 32.1. The van der Waals surface area contributed by atoms with Crippen LogP contribution in [0, 0.1) is 10.1 Å². The smallest absolute Gasteiger partial charge is 0.270 e. The van der Waals surface area contributed by atoms with E-state index in [1.54, 1.807) is 42.3 Å². The quantitative estimate of drug-likeness (QED) is 0.455. The average molecular weight is 428 g/mol. The summed E-state index contributed by atoms with van der Waals surface area (Å²) in [7, 11) is 3.09. The normalized spacial score (nSPS) is 14.1. The summed E-state index contributed by atoms with van der Waals surface area (Å²) in [4.78, 5) is 32.0. The third-order valence-electron chi connectivity index (χ3n) is 5.04. The molecule has 156 valence electrons. The molecular formula is C20H20N4O5S. The number of hydrogen-bond acceptors (Lipinski definition) is 8. The largest absolute Gasteiger partial charge is 0.493 e. The molecule has 30 heavy (non-hydrogen) atoms. The van der Waals surface area contributed by atoms with Crippen LogP contribution in [0.15, 0.2) is 36.4 Å². The standard InChI is InChI=1S/C20H20N4O5S/c1-28-16-6-3-13(11-17(16)29-2)19(25)22-7-9-23(10-8-22)20-21-15-5-4-14(24(26)27)12-18(15)30-20/h3-6,11-12H,7-10H2,1-2H3. The highest BCUT2D eigenvalue weighted by molar-refractivity contribution is 7.22. The highest BCUT2D eigenvalue weighted by Crippen LogP contribution is 2.32. The van der Waals surface area contributed by atoms with Gasteiger partial charge in [0.05, 0.1) is 29.4 Å². The molecule has 1 amide bonds. The fourth-order valence-electron chi connectivity index (χ4n) is 3.40. The Bertz CT molecular complexity index is 1110. The van der Waals surface area contributed by atoms with Gasteiger partial charge >= 0.3 is 0 Å². The second-order valence-electron chi connectivity index (χ2n) is 6.75. The second-order valence-corrected chi connectivity index (χ2v) is 7.76. The Morgan fingerprint density at radius 2 is 1.80 bits per heavy atom. The van der Waals surface area contributed by atoms with Crippen molar-refractivity contribution in [1.82, 2.24) is 9.88 Å². The molecule has 0 saturated carbocycles. The molecule has 0 unspecified atom stereocenters. The molecule has 9 nitrogen and oxygen atoms in total. The zero-order valence-corrected chi connectivity index (χ0v) is 17.3. The summed E-state index contributed by atoms with van der Waals surface area (Å²) in [5.74, 6) is 1.04. The van der Waals surface area contributed by atoms with Crippen molar-refractivity contribution >= 4 is 38.3 Å². The summed E-state index contributed by atoms with van der Waals surface area (Å²) < 4.78 is 11.3. The van der Waals surface area contributed by atoms with E-state index in [9.17, 15) is 14.9 Å². The van der Waals surface area contributed by atoms with Crippen LogP contribution >= 0.6 is 11.3 Å². The van der Waals surface area contributed by atoms with E-state index in [-0.39, 0.29) is 11.6 Å². The van der Waals surface area contributed by atoms with E-state index in [0.29, 0.717) is 43.2 Å². The molecule has 1 fully saturated rings. The van der Waals surface area contributed by atoms with E-state index in [4.69, 9.17) is 9.47 Å². The molecule has 0 atom stereocenters. The van der Waals surface area contributed by atoms with Gasteiger partial charge in [-0.2, -0.15) is 0 Å². The topological polar surface area (TPSA) is 98.0 Å². The summed E-state index contributed by atoms with van der Waals surface area (Å²) in [6, 6.07) is 9.83. The summed E-state index contributed by atoms with van der Waals surface area (Å²) in [6.45, 7) is 2.40. The zero-order valence-electron chi connectivity index (χ0n) is 16.5. The number of carbonyl (C=O) groups is 1. The van der Waals surface area contributed by atoms with Crippen LogP contribution in [0.1, 0.15) is 10.4 Å². The van der Waals surface area contributed by atoms with Gasteiger partial charge in [-0.25, -0.2) is 4.98 Å². The minimum Gasteiger partial charge on any atom is -0.493 e. The number of nitrogens with zero attached hydrogens (tertiary/aromatic N) is 4. The van der Waals surface area contributed by atoms with Crippen molar-refractivity contribution < 1.29 is 19.2 Å². The molecule has 1 saturated heterocycles. The Morgan fingerprint density at radius 3 is 2.47 bits per heavy atom. The fourth-order valence-corrected chi connectivity index (χ4v) is 4.45. The van der Waals surface area contributed by atoms with Crippen LogP contribution in [-0.4, -0.2) is 61.1 Å². The Balaban J connectivity index is 1.45. The maximum atomic E-state index is 12.9. The van der Waals surface area contributed by atoms with E-state index in [2.05, 4.69) is 9.88 Å². The van der Waals surface area contributed by atoms with Crippen molar-refractivity contribution in [2.45, 2.75) is 0 Å². The van der Waals surface area contributed by atoms with Crippen LogP contribution in [0.3, 0.4) is 0 Å². The first-order valence-electron chi connectivity index (χ1n) is 9.31. The lowest BCUT2D eigenvalue weighted by molar-refractivity contribution is -0.384. The van der Waals surface area contributed by atoms with Gasteiger partial charge < -0.3 is 19.3 Å². The molecule has 2 heterocycles.